The SMILES string of the molecule is NC1(N)C=CC2=CC(S(=O)(=O)O)=CC(O)(O)C2=C1. The van der Waals surface area contributed by atoms with Gasteiger partial charge in [-0.05, 0) is 23.8 Å². The molecule has 0 fully saturated rings. The Balaban J connectivity index is 2.61. The standard InChI is InChI=1S/C10H12N2O5S/c11-9(12)2-1-6-3-7(18(15,16)17)4-10(13,14)8(6)5-9/h1-5,13-14H,11-12H2,(H,15,16,17). The first-order valence-electron chi connectivity index (χ1n) is 4.89. The maximum Gasteiger partial charge on any atom is 0.294 e. The minimum absolute atomic E-state index is 0.0394. The molecule has 2 rings (SSSR count). The van der Waals surface area contributed by atoms with Crippen LogP contribution in [0.2, 0.25) is 0 Å². The normalized spacial score (nSPS) is 24.8. The Hall–Kier alpha value is -1.29. The van der Waals surface area contributed by atoms with Gasteiger partial charge in [0.25, 0.3) is 10.1 Å². The quantitative estimate of drug-likeness (QED) is 0.288. The fourth-order valence-corrected chi connectivity index (χ4v) is 2.36. The Morgan fingerprint density at radius 1 is 1.17 bits per heavy atom. The van der Waals surface area contributed by atoms with E-state index in [1.807, 2.05) is 0 Å². The van der Waals surface area contributed by atoms with Gasteiger partial charge in [-0.15, -0.1) is 0 Å². The minimum Gasteiger partial charge on any atom is -0.359 e. The molecule has 0 unspecified atom stereocenters. The Morgan fingerprint density at radius 3 is 2.33 bits per heavy atom. The number of hydrogen-bond acceptors (Lipinski definition) is 6. The van der Waals surface area contributed by atoms with Crippen molar-refractivity contribution in [2.24, 2.45) is 11.5 Å². The van der Waals surface area contributed by atoms with Gasteiger partial charge in [-0.2, -0.15) is 8.42 Å². The number of allylic oxidation sites excluding steroid dienone is 2. The van der Waals surface area contributed by atoms with Crippen molar-refractivity contribution in [3.05, 3.63) is 46.4 Å². The highest BCUT2D eigenvalue weighted by molar-refractivity contribution is 7.90. The zero-order valence-electron chi connectivity index (χ0n) is 9.11. The molecule has 0 aliphatic heterocycles. The average Bonchev–Trinajstić information content (AvgIpc) is 2.16. The average molecular weight is 272 g/mol. The number of hydrogen-bond donors (Lipinski definition) is 5. The highest BCUT2D eigenvalue weighted by Gasteiger charge is 2.37. The largest absolute Gasteiger partial charge is 0.359 e. The van der Waals surface area contributed by atoms with Gasteiger partial charge in [0.1, 0.15) is 5.66 Å². The van der Waals surface area contributed by atoms with Crippen LogP contribution in [0.15, 0.2) is 46.4 Å². The van der Waals surface area contributed by atoms with Crippen LogP contribution in [0.25, 0.3) is 0 Å². The number of nitrogens with two attached hydrogens (primary N) is 2. The predicted octanol–water partition coefficient (Wildman–Crippen LogP) is -1.51. The van der Waals surface area contributed by atoms with E-state index in [1.165, 1.54) is 18.2 Å². The van der Waals surface area contributed by atoms with Crippen molar-refractivity contribution >= 4 is 10.1 Å². The molecule has 0 heterocycles. The maximum absolute atomic E-state index is 11.0. The fraction of sp³-hybridized carbons (Fsp3) is 0.200. The lowest BCUT2D eigenvalue weighted by Gasteiger charge is -2.32. The van der Waals surface area contributed by atoms with Gasteiger partial charge in [-0.3, -0.25) is 4.55 Å². The smallest absolute Gasteiger partial charge is 0.294 e. The molecule has 0 aromatic heterocycles. The first kappa shape index (κ1) is 13.1. The lowest BCUT2D eigenvalue weighted by molar-refractivity contribution is -0.0837. The summed E-state index contributed by atoms with van der Waals surface area (Å²) in [5, 5.41) is 19.6. The summed E-state index contributed by atoms with van der Waals surface area (Å²) in [7, 11) is -4.54. The van der Waals surface area contributed by atoms with Crippen LogP contribution in [0.1, 0.15) is 0 Å². The van der Waals surface area contributed by atoms with Crippen LogP contribution < -0.4 is 11.5 Å². The van der Waals surface area contributed by atoms with Crippen molar-refractivity contribution in [3.63, 3.8) is 0 Å². The van der Waals surface area contributed by atoms with E-state index >= 15 is 0 Å². The number of fused-ring (bicyclic) bond motifs is 1. The summed E-state index contributed by atoms with van der Waals surface area (Å²) in [6, 6.07) is 0. The van der Waals surface area contributed by atoms with Crippen LogP contribution in [0.4, 0.5) is 0 Å². The molecule has 0 aromatic carbocycles. The first-order chi connectivity index (χ1) is 8.01. The zero-order valence-corrected chi connectivity index (χ0v) is 9.92. The molecule has 98 valence electrons. The van der Waals surface area contributed by atoms with Crippen molar-refractivity contribution in [2.45, 2.75) is 11.4 Å². The van der Waals surface area contributed by atoms with Crippen molar-refractivity contribution in [1.82, 2.24) is 0 Å². The van der Waals surface area contributed by atoms with Crippen LogP contribution in [0, 0.1) is 0 Å². The number of rotatable bonds is 1. The molecule has 0 saturated carbocycles. The molecule has 18 heavy (non-hydrogen) atoms. The fourth-order valence-electron chi connectivity index (χ4n) is 1.77. The molecule has 0 atom stereocenters. The van der Waals surface area contributed by atoms with Crippen molar-refractivity contribution < 1.29 is 23.2 Å². The molecule has 0 radical (unpaired) electrons. The summed E-state index contributed by atoms with van der Waals surface area (Å²) in [5.41, 5.74) is 10.0. The third kappa shape index (κ3) is 2.29. The van der Waals surface area contributed by atoms with Gasteiger partial charge in [0.05, 0.1) is 4.91 Å². The van der Waals surface area contributed by atoms with Crippen molar-refractivity contribution in [1.29, 1.82) is 0 Å². The van der Waals surface area contributed by atoms with E-state index < -0.39 is 26.5 Å². The van der Waals surface area contributed by atoms with E-state index in [0.29, 0.717) is 6.08 Å². The highest BCUT2D eigenvalue weighted by atomic mass is 32.2. The van der Waals surface area contributed by atoms with Crippen LogP contribution in [-0.4, -0.2) is 34.6 Å². The molecular formula is C10H12N2O5S. The van der Waals surface area contributed by atoms with Gasteiger partial charge in [-0.1, -0.05) is 6.08 Å². The Kier molecular flexibility index (Phi) is 2.63. The van der Waals surface area contributed by atoms with Gasteiger partial charge in [0.2, 0.25) is 5.79 Å². The lowest BCUT2D eigenvalue weighted by atomic mass is 9.85. The molecule has 0 aromatic rings. The maximum atomic E-state index is 11.0. The third-order valence-electron chi connectivity index (χ3n) is 2.59. The molecule has 2 aliphatic carbocycles. The molecule has 0 spiro atoms. The van der Waals surface area contributed by atoms with Crippen molar-refractivity contribution in [3.8, 4) is 0 Å². The first-order valence-corrected chi connectivity index (χ1v) is 6.33. The van der Waals surface area contributed by atoms with Gasteiger partial charge in [0, 0.05) is 11.6 Å². The van der Waals surface area contributed by atoms with E-state index in [1.54, 1.807) is 0 Å². The Bertz CT molecular complexity index is 623. The summed E-state index contributed by atoms with van der Waals surface area (Å²) in [4.78, 5) is -0.606. The van der Waals surface area contributed by atoms with E-state index in [9.17, 15) is 18.6 Å². The van der Waals surface area contributed by atoms with E-state index in [2.05, 4.69) is 0 Å². The second-order valence-electron chi connectivity index (χ2n) is 4.24. The van der Waals surface area contributed by atoms with E-state index in [-0.39, 0.29) is 11.1 Å². The topological polar surface area (TPSA) is 147 Å². The van der Waals surface area contributed by atoms with E-state index in [0.717, 1.165) is 6.08 Å². The Labute approximate surface area is 103 Å². The molecule has 7 N–H and O–H groups in total. The van der Waals surface area contributed by atoms with Gasteiger partial charge >= 0.3 is 0 Å². The zero-order chi connectivity index (χ0) is 13.8. The number of aliphatic hydroxyl groups is 2. The van der Waals surface area contributed by atoms with Crippen LogP contribution >= 0.6 is 0 Å². The van der Waals surface area contributed by atoms with E-state index in [4.69, 9.17) is 16.0 Å². The predicted molar refractivity (Wildman–Crippen MR) is 63.2 cm³/mol. The van der Waals surface area contributed by atoms with Gasteiger partial charge < -0.3 is 21.7 Å². The third-order valence-corrected chi connectivity index (χ3v) is 3.42. The summed E-state index contributed by atoms with van der Waals surface area (Å²) < 4.78 is 30.9. The summed E-state index contributed by atoms with van der Waals surface area (Å²) in [6.45, 7) is 0. The second-order valence-corrected chi connectivity index (χ2v) is 5.66. The van der Waals surface area contributed by atoms with Crippen LogP contribution in [-0.2, 0) is 10.1 Å². The molecule has 8 heteroatoms. The van der Waals surface area contributed by atoms with Crippen LogP contribution in [0.5, 0.6) is 0 Å². The Morgan fingerprint density at radius 2 is 1.78 bits per heavy atom. The van der Waals surface area contributed by atoms with Crippen LogP contribution in [0.3, 0.4) is 0 Å². The van der Waals surface area contributed by atoms with Gasteiger partial charge in [0.15, 0.2) is 0 Å². The molecule has 0 amide bonds. The summed E-state index contributed by atoms with van der Waals surface area (Å²) in [5.74, 6) is -2.57. The highest BCUT2D eigenvalue weighted by Crippen LogP contribution is 2.35. The molecular weight excluding hydrogens is 260 g/mol. The molecule has 2 aliphatic rings. The second kappa shape index (κ2) is 3.60. The molecule has 0 saturated heterocycles. The summed E-state index contributed by atoms with van der Waals surface area (Å²) in [6.07, 6.45) is 5.63. The molecule has 7 nitrogen and oxygen atoms in total. The van der Waals surface area contributed by atoms with Crippen molar-refractivity contribution in [2.75, 3.05) is 0 Å². The summed E-state index contributed by atoms with van der Waals surface area (Å²) >= 11 is 0. The minimum atomic E-state index is -4.54. The lowest BCUT2D eigenvalue weighted by Crippen LogP contribution is -2.49. The monoisotopic (exact) mass is 272 g/mol. The molecule has 0 bridgehead atoms. The van der Waals surface area contributed by atoms with Gasteiger partial charge in [-0.25, -0.2) is 0 Å².